The first-order chi connectivity index (χ1) is 9.33. The van der Waals surface area contributed by atoms with Crippen LogP contribution in [0.4, 0.5) is 5.82 Å². The van der Waals surface area contributed by atoms with Crippen molar-refractivity contribution in [2.75, 3.05) is 18.9 Å². The SMILES string of the molecule is CN1CCCC[C@@H]1c1ccc(NC2CCCC2)nc1. The molecule has 0 radical (unpaired) electrons. The van der Waals surface area contributed by atoms with Crippen LogP contribution >= 0.6 is 0 Å². The fourth-order valence-electron chi connectivity index (χ4n) is 3.46. The van der Waals surface area contributed by atoms with Crippen LogP contribution in [0.15, 0.2) is 18.3 Å². The van der Waals surface area contributed by atoms with Crippen molar-refractivity contribution < 1.29 is 0 Å². The van der Waals surface area contributed by atoms with E-state index < -0.39 is 0 Å². The van der Waals surface area contributed by atoms with E-state index in [1.807, 2.05) is 0 Å². The lowest BCUT2D eigenvalue weighted by Crippen LogP contribution is -2.29. The second-order valence-electron chi connectivity index (χ2n) is 6.09. The highest BCUT2D eigenvalue weighted by atomic mass is 15.1. The van der Waals surface area contributed by atoms with E-state index in [2.05, 4.69) is 40.6 Å². The molecule has 2 heterocycles. The molecule has 0 aromatic carbocycles. The average Bonchev–Trinajstić information content (AvgIpc) is 2.93. The second-order valence-corrected chi connectivity index (χ2v) is 6.09. The Labute approximate surface area is 116 Å². The lowest BCUT2D eigenvalue weighted by molar-refractivity contribution is 0.187. The predicted molar refractivity (Wildman–Crippen MR) is 79.3 cm³/mol. The van der Waals surface area contributed by atoms with Gasteiger partial charge in [0.2, 0.25) is 0 Å². The molecular weight excluding hydrogens is 234 g/mol. The molecule has 1 saturated carbocycles. The minimum Gasteiger partial charge on any atom is -0.367 e. The van der Waals surface area contributed by atoms with E-state index in [1.54, 1.807) is 0 Å². The Kier molecular flexibility index (Phi) is 4.02. The van der Waals surface area contributed by atoms with E-state index in [1.165, 1.54) is 57.1 Å². The first-order valence-corrected chi connectivity index (χ1v) is 7.75. The number of nitrogens with one attached hydrogen (secondary N) is 1. The van der Waals surface area contributed by atoms with Gasteiger partial charge in [0, 0.05) is 18.3 Å². The Hall–Kier alpha value is -1.09. The summed E-state index contributed by atoms with van der Waals surface area (Å²) < 4.78 is 0. The van der Waals surface area contributed by atoms with Gasteiger partial charge in [-0.25, -0.2) is 4.98 Å². The summed E-state index contributed by atoms with van der Waals surface area (Å²) in [5.41, 5.74) is 1.37. The fraction of sp³-hybridized carbons (Fsp3) is 0.688. The number of aromatic nitrogens is 1. The van der Waals surface area contributed by atoms with E-state index in [-0.39, 0.29) is 0 Å². The Morgan fingerprint density at radius 3 is 2.58 bits per heavy atom. The third-order valence-corrected chi connectivity index (χ3v) is 4.65. The van der Waals surface area contributed by atoms with Crippen molar-refractivity contribution in [3.8, 4) is 0 Å². The van der Waals surface area contributed by atoms with Gasteiger partial charge in [-0.15, -0.1) is 0 Å². The van der Waals surface area contributed by atoms with Crippen LogP contribution in [0, 0.1) is 0 Å². The first-order valence-electron chi connectivity index (χ1n) is 7.75. The van der Waals surface area contributed by atoms with Gasteiger partial charge in [-0.05, 0) is 50.9 Å². The van der Waals surface area contributed by atoms with Gasteiger partial charge in [0.05, 0.1) is 0 Å². The number of piperidine rings is 1. The van der Waals surface area contributed by atoms with Gasteiger partial charge in [0.25, 0.3) is 0 Å². The van der Waals surface area contributed by atoms with Gasteiger partial charge >= 0.3 is 0 Å². The van der Waals surface area contributed by atoms with Crippen molar-refractivity contribution in [2.45, 2.75) is 57.0 Å². The third-order valence-electron chi connectivity index (χ3n) is 4.65. The maximum absolute atomic E-state index is 4.61. The summed E-state index contributed by atoms with van der Waals surface area (Å²) in [5.74, 6) is 1.05. The number of likely N-dealkylation sites (tertiary alicyclic amines) is 1. The van der Waals surface area contributed by atoms with Crippen molar-refractivity contribution in [3.63, 3.8) is 0 Å². The van der Waals surface area contributed by atoms with Crippen LogP contribution in [0.5, 0.6) is 0 Å². The van der Waals surface area contributed by atoms with Crippen LogP contribution in [0.3, 0.4) is 0 Å². The molecule has 3 rings (SSSR count). The quantitative estimate of drug-likeness (QED) is 0.899. The Morgan fingerprint density at radius 1 is 1.11 bits per heavy atom. The van der Waals surface area contributed by atoms with Crippen LogP contribution in [0.1, 0.15) is 56.6 Å². The average molecular weight is 259 g/mol. The molecule has 2 fully saturated rings. The Bertz CT molecular complexity index is 395. The highest BCUT2D eigenvalue weighted by molar-refractivity contribution is 5.37. The van der Waals surface area contributed by atoms with Gasteiger partial charge in [0.15, 0.2) is 0 Å². The Morgan fingerprint density at radius 2 is 1.89 bits per heavy atom. The van der Waals surface area contributed by atoms with Crippen molar-refractivity contribution >= 4 is 5.82 Å². The summed E-state index contributed by atoms with van der Waals surface area (Å²) in [7, 11) is 2.23. The zero-order valence-corrected chi connectivity index (χ0v) is 11.9. The van der Waals surface area contributed by atoms with Crippen LogP contribution in [-0.4, -0.2) is 29.5 Å². The van der Waals surface area contributed by atoms with Crippen LogP contribution in [-0.2, 0) is 0 Å². The van der Waals surface area contributed by atoms with E-state index in [4.69, 9.17) is 0 Å². The largest absolute Gasteiger partial charge is 0.367 e. The Balaban J connectivity index is 1.64. The molecule has 1 N–H and O–H groups in total. The molecule has 1 saturated heterocycles. The van der Waals surface area contributed by atoms with E-state index in [0.29, 0.717) is 12.1 Å². The number of pyridine rings is 1. The molecular formula is C16H25N3. The maximum atomic E-state index is 4.61. The highest BCUT2D eigenvalue weighted by Gasteiger charge is 2.21. The number of nitrogens with zero attached hydrogens (tertiary/aromatic N) is 2. The molecule has 1 aliphatic heterocycles. The molecule has 3 heteroatoms. The minimum absolute atomic E-state index is 0.571. The highest BCUT2D eigenvalue weighted by Crippen LogP contribution is 2.29. The molecule has 0 unspecified atom stereocenters. The molecule has 2 aliphatic rings. The van der Waals surface area contributed by atoms with E-state index >= 15 is 0 Å². The zero-order chi connectivity index (χ0) is 13.1. The molecule has 104 valence electrons. The number of rotatable bonds is 3. The van der Waals surface area contributed by atoms with Crippen molar-refractivity contribution in [1.29, 1.82) is 0 Å². The first kappa shape index (κ1) is 12.9. The normalized spacial score (nSPS) is 25.6. The molecule has 0 amide bonds. The summed E-state index contributed by atoms with van der Waals surface area (Å²) in [4.78, 5) is 7.08. The lowest BCUT2D eigenvalue weighted by atomic mass is 9.97. The zero-order valence-electron chi connectivity index (χ0n) is 11.9. The van der Waals surface area contributed by atoms with E-state index in [9.17, 15) is 0 Å². The molecule has 1 aromatic rings. The van der Waals surface area contributed by atoms with Crippen LogP contribution < -0.4 is 5.32 Å². The van der Waals surface area contributed by atoms with Gasteiger partial charge < -0.3 is 5.32 Å². The molecule has 3 nitrogen and oxygen atoms in total. The number of hydrogen-bond donors (Lipinski definition) is 1. The molecule has 1 atom stereocenters. The molecule has 1 aliphatic carbocycles. The van der Waals surface area contributed by atoms with Crippen molar-refractivity contribution in [2.24, 2.45) is 0 Å². The molecule has 1 aromatic heterocycles. The van der Waals surface area contributed by atoms with Gasteiger partial charge in [-0.3, -0.25) is 4.90 Å². The second kappa shape index (κ2) is 5.91. The number of hydrogen-bond acceptors (Lipinski definition) is 3. The monoisotopic (exact) mass is 259 g/mol. The smallest absolute Gasteiger partial charge is 0.126 e. The fourth-order valence-corrected chi connectivity index (χ4v) is 3.46. The summed E-state index contributed by atoms with van der Waals surface area (Å²) in [6.45, 7) is 1.22. The standard InChI is InChI=1S/C16H25N3/c1-19-11-5-4-8-15(19)13-9-10-16(17-12-13)18-14-6-2-3-7-14/h9-10,12,14-15H,2-8,11H2,1H3,(H,17,18)/t15-/m1/s1. The lowest BCUT2D eigenvalue weighted by Gasteiger charge is -2.32. The van der Waals surface area contributed by atoms with Crippen molar-refractivity contribution in [3.05, 3.63) is 23.9 Å². The minimum atomic E-state index is 0.571. The van der Waals surface area contributed by atoms with Crippen LogP contribution in [0.25, 0.3) is 0 Å². The molecule has 19 heavy (non-hydrogen) atoms. The number of anilines is 1. The summed E-state index contributed by atoms with van der Waals surface area (Å²) in [5, 5.41) is 3.56. The maximum Gasteiger partial charge on any atom is 0.126 e. The molecule has 0 spiro atoms. The topological polar surface area (TPSA) is 28.2 Å². The summed E-state index contributed by atoms with van der Waals surface area (Å²) in [6.07, 6.45) is 11.4. The van der Waals surface area contributed by atoms with Gasteiger partial charge in [-0.2, -0.15) is 0 Å². The van der Waals surface area contributed by atoms with Crippen molar-refractivity contribution in [1.82, 2.24) is 9.88 Å². The van der Waals surface area contributed by atoms with E-state index in [0.717, 1.165) is 5.82 Å². The summed E-state index contributed by atoms with van der Waals surface area (Å²) >= 11 is 0. The molecule has 0 bridgehead atoms. The predicted octanol–water partition coefficient (Wildman–Crippen LogP) is 3.59. The van der Waals surface area contributed by atoms with Crippen LogP contribution in [0.2, 0.25) is 0 Å². The summed E-state index contributed by atoms with van der Waals surface area (Å²) in [6, 6.07) is 5.64. The van der Waals surface area contributed by atoms with Gasteiger partial charge in [0.1, 0.15) is 5.82 Å². The third kappa shape index (κ3) is 3.08. The van der Waals surface area contributed by atoms with Gasteiger partial charge in [-0.1, -0.05) is 25.3 Å².